The summed E-state index contributed by atoms with van der Waals surface area (Å²) in [7, 11) is 4.68. The second-order valence-corrected chi connectivity index (χ2v) is 6.82. The Morgan fingerprint density at radius 2 is 1.30 bits per heavy atom. The third kappa shape index (κ3) is 6.45. The molecular formula is C23H30O7. The zero-order valence-corrected chi connectivity index (χ0v) is 18.2. The summed E-state index contributed by atoms with van der Waals surface area (Å²) in [5, 5.41) is 0. The highest BCUT2D eigenvalue weighted by atomic mass is 16.7. The number of hydrogen-bond acceptors (Lipinski definition) is 7. The molecule has 2 aromatic carbocycles. The molecule has 0 fully saturated rings. The fourth-order valence-electron chi connectivity index (χ4n) is 2.95. The summed E-state index contributed by atoms with van der Waals surface area (Å²) in [4.78, 5) is 13.1. The summed E-state index contributed by atoms with van der Waals surface area (Å²) < 4.78 is 31.5. The molecule has 2 rings (SSSR count). The minimum Gasteiger partial charge on any atom is -0.468 e. The van der Waals surface area contributed by atoms with Crippen molar-refractivity contribution in [1.82, 2.24) is 0 Å². The lowest BCUT2D eigenvalue weighted by atomic mass is 9.83. The minimum absolute atomic E-state index is 0.0293. The van der Waals surface area contributed by atoms with E-state index < -0.39 is 0 Å². The summed E-state index contributed by atoms with van der Waals surface area (Å²) in [5.74, 6) is 1.55. The van der Waals surface area contributed by atoms with E-state index in [0.717, 1.165) is 5.56 Å². The van der Waals surface area contributed by atoms with E-state index in [4.69, 9.17) is 28.4 Å². The summed E-state index contributed by atoms with van der Waals surface area (Å²) in [5.41, 5.74) is 1.48. The number of benzene rings is 2. The van der Waals surface area contributed by atoms with Crippen LogP contribution >= 0.6 is 0 Å². The van der Waals surface area contributed by atoms with Crippen LogP contribution in [0.25, 0.3) is 0 Å². The fraction of sp³-hybridized carbons (Fsp3) is 0.435. The zero-order valence-electron chi connectivity index (χ0n) is 18.2. The van der Waals surface area contributed by atoms with Crippen molar-refractivity contribution >= 4 is 5.78 Å². The molecule has 0 aliphatic rings. The number of Topliss-reactive ketones (excluding diaryl/α,β-unsaturated/α-hetero) is 1. The minimum atomic E-state index is -0.293. The van der Waals surface area contributed by atoms with Gasteiger partial charge in [0.15, 0.2) is 26.2 Å². The van der Waals surface area contributed by atoms with E-state index in [0.29, 0.717) is 22.8 Å². The monoisotopic (exact) mass is 418 g/mol. The Balaban J connectivity index is 2.21. The fourth-order valence-corrected chi connectivity index (χ4v) is 2.95. The Bertz CT molecular complexity index is 789. The summed E-state index contributed by atoms with van der Waals surface area (Å²) in [6.07, 6.45) is 0. The molecule has 0 unspecified atom stereocenters. The van der Waals surface area contributed by atoms with Crippen molar-refractivity contribution in [2.45, 2.75) is 19.8 Å². The molecule has 7 nitrogen and oxygen atoms in total. The second kappa shape index (κ2) is 12.2. The van der Waals surface area contributed by atoms with Crippen molar-refractivity contribution in [3.8, 4) is 17.2 Å². The van der Waals surface area contributed by atoms with Crippen molar-refractivity contribution in [3.05, 3.63) is 53.6 Å². The summed E-state index contributed by atoms with van der Waals surface area (Å²) in [6, 6.07) is 12.5. The Labute approximate surface area is 177 Å². The molecule has 30 heavy (non-hydrogen) atoms. The predicted octanol–water partition coefficient (Wildman–Crippen LogP) is 4.26. The van der Waals surface area contributed by atoms with Gasteiger partial charge in [-0.2, -0.15) is 0 Å². The van der Waals surface area contributed by atoms with Crippen LogP contribution in [0.2, 0.25) is 0 Å². The molecule has 0 aliphatic carbocycles. The van der Waals surface area contributed by atoms with Gasteiger partial charge in [-0.1, -0.05) is 13.8 Å². The smallest absolute Gasteiger partial charge is 0.188 e. The normalized spacial score (nSPS) is 12.8. The van der Waals surface area contributed by atoms with Crippen LogP contribution in [0.5, 0.6) is 17.2 Å². The summed E-state index contributed by atoms with van der Waals surface area (Å²) in [6.45, 7) is 4.31. The van der Waals surface area contributed by atoms with Crippen molar-refractivity contribution in [2.75, 3.05) is 41.7 Å². The van der Waals surface area contributed by atoms with Crippen LogP contribution in [0, 0.1) is 5.92 Å². The number of ether oxygens (including phenoxy) is 6. The van der Waals surface area contributed by atoms with E-state index >= 15 is 0 Å². The standard InChI is InChI=1S/C23H30O7/c1-16(17(2)23(24)18-6-8-19(9-7-18)28-13-25-3)21-12-20(29-14-26-4)10-11-22(21)30-15-27-5/h6-12,16-17H,13-15H2,1-5H3/t16-,17+/m1/s1. The molecule has 0 bridgehead atoms. The van der Waals surface area contributed by atoms with Gasteiger partial charge in [0.1, 0.15) is 17.2 Å². The van der Waals surface area contributed by atoms with Crippen LogP contribution in [-0.4, -0.2) is 47.5 Å². The van der Waals surface area contributed by atoms with Crippen LogP contribution in [0.4, 0.5) is 0 Å². The molecule has 0 spiro atoms. The maximum atomic E-state index is 13.1. The first-order valence-corrected chi connectivity index (χ1v) is 9.65. The lowest BCUT2D eigenvalue weighted by molar-refractivity contribution is 0.0474. The topological polar surface area (TPSA) is 72.5 Å². The molecule has 2 aromatic rings. The Kier molecular flexibility index (Phi) is 9.60. The predicted molar refractivity (Wildman–Crippen MR) is 112 cm³/mol. The molecule has 0 saturated carbocycles. The van der Waals surface area contributed by atoms with Crippen molar-refractivity contribution in [3.63, 3.8) is 0 Å². The molecule has 0 saturated heterocycles. The van der Waals surface area contributed by atoms with Gasteiger partial charge in [-0.05, 0) is 48.4 Å². The van der Waals surface area contributed by atoms with Crippen molar-refractivity contribution < 1.29 is 33.2 Å². The Morgan fingerprint density at radius 3 is 1.90 bits per heavy atom. The van der Waals surface area contributed by atoms with Gasteiger partial charge in [0, 0.05) is 38.4 Å². The van der Waals surface area contributed by atoms with Crippen LogP contribution in [-0.2, 0) is 14.2 Å². The molecule has 0 radical (unpaired) electrons. The van der Waals surface area contributed by atoms with E-state index in [1.165, 1.54) is 0 Å². The highest BCUT2D eigenvalue weighted by molar-refractivity contribution is 5.98. The number of ketones is 1. The maximum absolute atomic E-state index is 13.1. The average Bonchev–Trinajstić information content (AvgIpc) is 2.79. The molecule has 0 heterocycles. The molecule has 0 aromatic heterocycles. The zero-order chi connectivity index (χ0) is 21.9. The number of carbonyl (C=O) groups excluding carboxylic acids is 1. The third-order valence-electron chi connectivity index (χ3n) is 4.79. The van der Waals surface area contributed by atoms with Crippen molar-refractivity contribution in [1.29, 1.82) is 0 Å². The quantitative estimate of drug-likeness (QED) is 0.355. The van der Waals surface area contributed by atoms with Gasteiger partial charge in [-0.3, -0.25) is 4.79 Å². The maximum Gasteiger partial charge on any atom is 0.188 e. The number of methoxy groups -OCH3 is 3. The van der Waals surface area contributed by atoms with E-state index in [-0.39, 0.29) is 38.0 Å². The van der Waals surface area contributed by atoms with E-state index in [1.807, 2.05) is 26.0 Å². The van der Waals surface area contributed by atoms with Gasteiger partial charge in [-0.15, -0.1) is 0 Å². The van der Waals surface area contributed by atoms with Crippen LogP contribution in [0.1, 0.15) is 35.7 Å². The van der Waals surface area contributed by atoms with Gasteiger partial charge in [0.2, 0.25) is 0 Å². The van der Waals surface area contributed by atoms with Gasteiger partial charge in [-0.25, -0.2) is 0 Å². The number of rotatable bonds is 13. The van der Waals surface area contributed by atoms with Gasteiger partial charge in [0.25, 0.3) is 0 Å². The van der Waals surface area contributed by atoms with Gasteiger partial charge < -0.3 is 28.4 Å². The Hall–Kier alpha value is -2.61. The number of carbonyl (C=O) groups is 1. The van der Waals surface area contributed by atoms with E-state index in [1.54, 1.807) is 51.7 Å². The second-order valence-electron chi connectivity index (χ2n) is 6.82. The lowest BCUT2D eigenvalue weighted by Gasteiger charge is -2.23. The molecule has 0 aliphatic heterocycles. The number of hydrogen-bond donors (Lipinski definition) is 0. The van der Waals surface area contributed by atoms with Crippen LogP contribution in [0.3, 0.4) is 0 Å². The molecule has 164 valence electrons. The molecular weight excluding hydrogens is 388 g/mol. The Morgan fingerprint density at radius 1 is 0.767 bits per heavy atom. The first-order chi connectivity index (χ1) is 14.5. The molecule has 7 heteroatoms. The average molecular weight is 418 g/mol. The highest BCUT2D eigenvalue weighted by Gasteiger charge is 2.26. The lowest BCUT2D eigenvalue weighted by Crippen LogP contribution is -2.19. The molecule has 0 amide bonds. The first kappa shape index (κ1) is 23.7. The van der Waals surface area contributed by atoms with Crippen LogP contribution in [0.15, 0.2) is 42.5 Å². The first-order valence-electron chi connectivity index (χ1n) is 9.65. The SMILES string of the molecule is COCOc1ccc(C(=O)[C@@H](C)[C@@H](C)c2cc(OCOC)ccc2OCOC)cc1. The van der Waals surface area contributed by atoms with Gasteiger partial charge in [0.05, 0.1) is 0 Å². The largest absolute Gasteiger partial charge is 0.468 e. The third-order valence-corrected chi connectivity index (χ3v) is 4.79. The molecule has 0 N–H and O–H groups in total. The summed E-state index contributed by atoms with van der Waals surface area (Å²) >= 11 is 0. The highest BCUT2D eigenvalue weighted by Crippen LogP contribution is 2.36. The van der Waals surface area contributed by atoms with Crippen LogP contribution < -0.4 is 14.2 Å². The van der Waals surface area contributed by atoms with E-state index in [2.05, 4.69) is 0 Å². The van der Waals surface area contributed by atoms with E-state index in [9.17, 15) is 4.79 Å². The van der Waals surface area contributed by atoms with Gasteiger partial charge >= 0.3 is 0 Å². The van der Waals surface area contributed by atoms with Crippen molar-refractivity contribution in [2.24, 2.45) is 5.92 Å². The molecule has 2 atom stereocenters.